The molecule has 2 aromatic rings. The maximum atomic E-state index is 13.3. The van der Waals surface area contributed by atoms with Crippen LogP contribution in [0.1, 0.15) is 24.0 Å². The highest BCUT2D eigenvalue weighted by Gasteiger charge is 2.19. The molecule has 0 atom stereocenters. The normalized spacial score (nSPS) is 16.5. The molecule has 0 aliphatic carbocycles. The Morgan fingerprint density at radius 2 is 1.81 bits per heavy atom. The van der Waals surface area contributed by atoms with Crippen LogP contribution in [0, 0.1) is 5.82 Å². The smallest absolute Gasteiger partial charge is 0.191 e. The highest BCUT2D eigenvalue weighted by molar-refractivity contribution is 5.79. The first-order chi connectivity index (χ1) is 12.7. The molecule has 3 rings (SSSR count). The number of rotatable bonds is 5. The Hall–Kier alpha value is -2.40. The molecule has 138 valence electrons. The van der Waals surface area contributed by atoms with Crippen LogP contribution in [0.15, 0.2) is 59.6 Å². The third kappa shape index (κ3) is 5.56. The SMILES string of the molecule is CN=C(NCc1cccc(F)c1)NC1CCN(Cc2ccccc2)CC1. The number of hydrogen-bond donors (Lipinski definition) is 2. The standard InChI is InChI=1S/C21H27FN4/c1-23-21(24-15-18-8-5-9-19(22)14-18)25-20-10-12-26(13-11-20)16-17-6-3-2-4-7-17/h2-9,14,20H,10-13,15-16H2,1H3,(H2,23,24,25). The van der Waals surface area contributed by atoms with Gasteiger partial charge >= 0.3 is 0 Å². The van der Waals surface area contributed by atoms with Crippen molar-refractivity contribution in [3.05, 3.63) is 71.5 Å². The second kappa shape index (κ2) is 9.34. The van der Waals surface area contributed by atoms with Gasteiger partial charge in [-0.05, 0) is 36.1 Å². The van der Waals surface area contributed by atoms with Crippen molar-refractivity contribution in [2.45, 2.75) is 32.0 Å². The zero-order valence-corrected chi connectivity index (χ0v) is 15.3. The van der Waals surface area contributed by atoms with Gasteiger partial charge in [0.1, 0.15) is 5.82 Å². The van der Waals surface area contributed by atoms with Crippen LogP contribution in [0.2, 0.25) is 0 Å². The zero-order valence-electron chi connectivity index (χ0n) is 15.3. The fourth-order valence-corrected chi connectivity index (χ4v) is 3.30. The number of hydrogen-bond acceptors (Lipinski definition) is 2. The number of piperidine rings is 1. The second-order valence-corrected chi connectivity index (χ2v) is 6.74. The van der Waals surface area contributed by atoms with Gasteiger partial charge in [-0.25, -0.2) is 4.39 Å². The molecule has 1 fully saturated rings. The average molecular weight is 354 g/mol. The van der Waals surface area contributed by atoms with Crippen LogP contribution < -0.4 is 10.6 Å². The van der Waals surface area contributed by atoms with Crippen LogP contribution in [-0.4, -0.2) is 37.0 Å². The first kappa shape index (κ1) is 18.4. The van der Waals surface area contributed by atoms with Crippen LogP contribution in [-0.2, 0) is 13.1 Å². The van der Waals surface area contributed by atoms with E-state index in [1.807, 2.05) is 6.07 Å². The molecule has 0 amide bonds. The molecule has 0 spiro atoms. The highest BCUT2D eigenvalue weighted by atomic mass is 19.1. The van der Waals surface area contributed by atoms with E-state index in [1.165, 1.54) is 11.6 Å². The summed E-state index contributed by atoms with van der Waals surface area (Å²) in [7, 11) is 1.77. The minimum Gasteiger partial charge on any atom is -0.354 e. The van der Waals surface area contributed by atoms with Crippen molar-refractivity contribution in [2.75, 3.05) is 20.1 Å². The molecular formula is C21H27FN4. The zero-order chi connectivity index (χ0) is 18.2. The van der Waals surface area contributed by atoms with E-state index in [9.17, 15) is 4.39 Å². The summed E-state index contributed by atoms with van der Waals surface area (Å²) in [5.41, 5.74) is 2.28. The molecule has 5 heteroatoms. The number of nitrogens with zero attached hydrogens (tertiary/aromatic N) is 2. The van der Waals surface area contributed by atoms with Crippen molar-refractivity contribution >= 4 is 5.96 Å². The molecule has 0 bridgehead atoms. The van der Waals surface area contributed by atoms with E-state index in [4.69, 9.17) is 0 Å². The van der Waals surface area contributed by atoms with E-state index >= 15 is 0 Å². The van der Waals surface area contributed by atoms with Gasteiger partial charge < -0.3 is 10.6 Å². The lowest BCUT2D eigenvalue weighted by atomic mass is 10.0. The summed E-state index contributed by atoms with van der Waals surface area (Å²) >= 11 is 0. The Balaban J connectivity index is 1.42. The molecule has 1 aliphatic rings. The largest absolute Gasteiger partial charge is 0.354 e. The van der Waals surface area contributed by atoms with Gasteiger partial charge in [-0.1, -0.05) is 42.5 Å². The van der Waals surface area contributed by atoms with Crippen LogP contribution in [0.4, 0.5) is 4.39 Å². The number of aliphatic imine (C=N–C) groups is 1. The Kier molecular flexibility index (Phi) is 6.61. The summed E-state index contributed by atoms with van der Waals surface area (Å²) in [6.45, 7) is 3.73. The van der Waals surface area contributed by atoms with Crippen molar-refractivity contribution in [3.63, 3.8) is 0 Å². The molecule has 2 N–H and O–H groups in total. The Morgan fingerprint density at radius 1 is 1.08 bits per heavy atom. The van der Waals surface area contributed by atoms with Gasteiger partial charge in [0, 0.05) is 39.3 Å². The molecule has 4 nitrogen and oxygen atoms in total. The van der Waals surface area contributed by atoms with Crippen molar-refractivity contribution < 1.29 is 4.39 Å². The molecule has 0 saturated carbocycles. The molecule has 2 aromatic carbocycles. The average Bonchev–Trinajstić information content (AvgIpc) is 2.67. The molecule has 0 aromatic heterocycles. The quantitative estimate of drug-likeness (QED) is 0.640. The molecule has 0 radical (unpaired) electrons. The topological polar surface area (TPSA) is 39.7 Å². The van der Waals surface area contributed by atoms with Gasteiger partial charge in [0.15, 0.2) is 5.96 Å². The summed E-state index contributed by atoms with van der Waals surface area (Å²) in [5.74, 6) is 0.564. The lowest BCUT2D eigenvalue weighted by Gasteiger charge is -2.33. The Labute approximate surface area is 155 Å². The van der Waals surface area contributed by atoms with Gasteiger partial charge in [-0.2, -0.15) is 0 Å². The van der Waals surface area contributed by atoms with Crippen LogP contribution in [0.5, 0.6) is 0 Å². The predicted molar refractivity (Wildman–Crippen MR) is 104 cm³/mol. The van der Waals surface area contributed by atoms with Gasteiger partial charge in [0.2, 0.25) is 0 Å². The Morgan fingerprint density at radius 3 is 2.50 bits per heavy atom. The van der Waals surface area contributed by atoms with Crippen molar-refractivity contribution in [1.82, 2.24) is 15.5 Å². The van der Waals surface area contributed by atoms with Crippen LogP contribution in [0.3, 0.4) is 0 Å². The Bertz CT molecular complexity index is 709. The summed E-state index contributed by atoms with van der Waals surface area (Å²) in [4.78, 5) is 6.79. The maximum absolute atomic E-state index is 13.3. The number of guanidine groups is 1. The van der Waals surface area contributed by atoms with Gasteiger partial charge in [-0.15, -0.1) is 0 Å². The fourth-order valence-electron chi connectivity index (χ4n) is 3.30. The van der Waals surface area contributed by atoms with Crippen LogP contribution in [0.25, 0.3) is 0 Å². The van der Waals surface area contributed by atoms with E-state index in [2.05, 4.69) is 50.9 Å². The van der Waals surface area contributed by atoms with Gasteiger partial charge in [0.25, 0.3) is 0 Å². The molecule has 1 heterocycles. The first-order valence-electron chi connectivity index (χ1n) is 9.21. The number of nitrogens with one attached hydrogen (secondary N) is 2. The third-order valence-electron chi connectivity index (χ3n) is 4.75. The van der Waals surface area contributed by atoms with Gasteiger partial charge in [0.05, 0.1) is 0 Å². The van der Waals surface area contributed by atoms with Crippen LogP contribution >= 0.6 is 0 Å². The van der Waals surface area contributed by atoms with Crippen molar-refractivity contribution in [2.24, 2.45) is 4.99 Å². The van der Waals surface area contributed by atoms with E-state index in [0.29, 0.717) is 12.6 Å². The monoisotopic (exact) mass is 354 g/mol. The number of likely N-dealkylation sites (tertiary alicyclic amines) is 1. The predicted octanol–water partition coefficient (Wildman–Crippen LogP) is 3.16. The van der Waals surface area contributed by atoms with Gasteiger partial charge in [-0.3, -0.25) is 9.89 Å². The highest BCUT2D eigenvalue weighted by Crippen LogP contribution is 2.14. The fraction of sp³-hybridized carbons (Fsp3) is 0.381. The lowest BCUT2D eigenvalue weighted by molar-refractivity contribution is 0.198. The number of halogens is 1. The van der Waals surface area contributed by atoms with E-state index in [1.54, 1.807) is 19.2 Å². The molecule has 1 saturated heterocycles. The van der Waals surface area contributed by atoms with Crippen molar-refractivity contribution in [3.8, 4) is 0 Å². The van der Waals surface area contributed by atoms with E-state index < -0.39 is 0 Å². The summed E-state index contributed by atoms with van der Waals surface area (Å²) in [6.07, 6.45) is 2.18. The molecule has 0 unspecified atom stereocenters. The van der Waals surface area contributed by atoms with E-state index in [0.717, 1.165) is 44.0 Å². The maximum Gasteiger partial charge on any atom is 0.191 e. The second-order valence-electron chi connectivity index (χ2n) is 6.74. The molecular weight excluding hydrogens is 327 g/mol. The minimum atomic E-state index is -0.210. The van der Waals surface area contributed by atoms with Crippen molar-refractivity contribution in [1.29, 1.82) is 0 Å². The lowest BCUT2D eigenvalue weighted by Crippen LogP contribution is -2.48. The molecule has 1 aliphatic heterocycles. The van der Waals surface area contributed by atoms with E-state index in [-0.39, 0.29) is 5.82 Å². The number of benzene rings is 2. The third-order valence-corrected chi connectivity index (χ3v) is 4.75. The summed E-state index contributed by atoms with van der Waals surface area (Å²) < 4.78 is 13.3. The summed E-state index contributed by atoms with van der Waals surface area (Å²) in [6, 6.07) is 17.7. The minimum absolute atomic E-state index is 0.210. The molecule has 26 heavy (non-hydrogen) atoms. The first-order valence-corrected chi connectivity index (χ1v) is 9.21. The summed E-state index contributed by atoms with van der Waals surface area (Å²) in [5, 5.41) is 6.76.